The van der Waals surface area contributed by atoms with Crippen molar-refractivity contribution in [3.8, 4) is 0 Å². The van der Waals surface area contributed by atoms with Crippen LogP contribution in [0.2, 0.25) is 0 Å². The molecule has 19 heavy (non-hydrogen) atoms. The fraction of sp³-hybridized carbons (Fsp3) is 0.500. The molecule has 0 heterocycles. The van der Waals surface area contributed by atoms with Gasteiger partial charge in [-0.3, -0.25) is 4.79 Å². The maximum Gasteiger partial charge on any atom is 0.416 e. The maximum atomic E-state index is 12.5. The molecule has 0 amide bonds. The summed E-state index contributed by atoms with van der Waals surface area (Å²) in [6, 6.07) is 4.99. The minimum Gasteiger partial charge on any atom is -0.313 e. The van der Waals surface area contributed by atoms with Crippen molar-refractivity contribution in [1.82, 2.24) is 5.32 Å². The van der Waals surface area contributed by atoms with Crippen LogP contribution in [0.5, 0.6) is 0 Å². The van der Waals surface area contributed by atoms with Gasteiger partial charge in [-0.05, 0) is 24.6 Å². The number of benzene rings is 1. The lowest BCUT2D eigenvalue weighted by molar-refractivity contribution is -0.137. The lowest BCUT2D eigenvalue weighted by Crippen LogP contribution is -2.30. The van der Waals surface area contributed by atoms with Gasteiger partial charge in [-0.2, -0.15) is 13.2 Å². The average molecular weight is 273 g/mol. The molecule has 0 unspecified atom stereocenters. The topological polar surface area (TPSA) is 29.1 Å². The summed E-state index contributed by atoms with van der Waals surface area (Å²) in [7, 11) is 0. The summed E-state index contributed by atoms with van der Waals surface area (Å²) in [4.78, 5) is 11.6. The first kappa shape index (κ1) is 15.7. The van der Waals surface area contributed by atoms with Crippen molar-refractivity contribution in [3.63, 3.8) is 0 Å². The van der Waals surface area contributed by atoms with Crippen molar-refractivity contribution < 1.29 is 18.0 Å². The number of carbonyl (C=O) groups is 1. The smallest absolute Gasteiger partial charge is 0.313 e. The van der Waals surface area contributed by atoms with Crippen molar-refractivity contribution in [3.05, 3.63) is 35.4 Å². The molecule has 0 saturated carbocycles. The van der Waals surface area contributed by atoms with E-state index < -0.39 is 17.7 Å². The highest BCUT2D eigenvalue weighted by molar-refractivity contribution is 5.83. The van der Waals surface area contributed by atoms with Crippen LogP contribution in [0.3, 0.4) is 0 Å². The normalized spacial score (nSPS) is 13.6. The van der Waals surface area contributed by atoms with Crippen LogP contribution in [0.25, 0.3) is 0 Å². The number of hydrogen-bond donors (Lipinski definition) is 1. The van der Waals surface area contributed by atoms with Gasteiger partial charge in [-0.1, -0.05) is 26.0 Å². The van der Waals surface area contributed by atoms with E-state index in [1.165, 1.54) is 19.1 Å². The lowest BCUT2D eigenvalue weighted by Gasteiger charge is -2.17. The van der Waals surface area contributed by atoms with Crippen LogP contribution in [-0.4, -0.2) is 18.4 Å². The van der Waals surface area contributed by atoms with E-state index in [-0.39, 0.29) is 11.8 Å². The molecule has 1 atom stereocenters. The summed E-state index contributed by atoms with van der Waals surface area (Å²) in [5.74, 6) is -0.474. The molecule has 0 fully saturated rings. The van der Waals surface area contributed by atoms with Gasteiger partial charge >= 0.3 is 6.18 Å². The van der Waals surface area contributed by atoms with E-state index in [1.807, 2.05) is 13.8 Å². The van der Waals surface area contributed by atoms with Crippen LogP contribution < -0.4 is 5.32 Å². The van der Waals surface area contributed by atoms with Crippen molar-refractivity contribution in [1.29, 1.82) is 0 Å². The quantitative estimate of drug-likeness (QED) is 0.891. The molecule has 1 aromatic carbocycles. The zero-order valence-electron chi connectivity index (χ0n) is 11.2. The molecule has 2 nitrogen and oxygen atoms in total. The van der Waals surface area contributed by atoms with E-state index >= 15 is 0 Å². The lowest BCUT2D eigenvalue weighted by atomic mass is 9.94. The first-order valence-electron chi connectivity index (χ1n) is 6.12. The Kier molecular flexibility index (Phi) is 5.11. The standard InChI is InChI=1S/C14H18F3NO/c1-9(2)18-8-13(10(3)19)11-4-6-12(7-5-11)14(15,16)17/h4-7,9,13,18H,8H2,1-3H3/t13-/m0/s1. The van der Waals surface area contributed by atoms with Gasteiger partial charge in [0.05, 0.1) is 11.5 Å². The van der Waals surface area contributed by atoms with Gasteiger partial charge in [0.25, 0.3) is 0 Å². The van der Waals surface area contributed by atoms with Crippen LogP contribution in [0.1, 0.15) is 37.8 Å². The number of ketones is 1. The molecule has 1 aromatic rings. The Bertz CT molecular complexity index is 423. The highest BCUT2D eigenvalue weighted by Gasteiger charge is 2.30. The Balaban J connectivity index is 2.89. The molecule has 0 aliphatic rings. The molecule has 1 N–H and O–H groups in total. The number of halogens is 3. The van der Waals surface area contributed by atoms with Gasteiger partial charge in [0.2, 0.25) is 0 Å². The highest BCUT2D eigenvalue weighted by Crippen LogP contribution is 2.30. The molecule has 0 aliphatic heterocycles. The van der Waals surface area contributed by atoms with Crippen LogP contribution in [-0.2, 0) is 11.0 Å². The summed E-state index contributed by atoms with van der Waals surface area (Å²) < 4.78 is 37.4. The SMILES string of the molecule is CC(=O)[C@H](CNC(C)C)c1ccc(C(F)(F)F)cc1. The average Bonchev–Trinajstić information content (AvgIpc) is 2.27. The monoisotopic (exact) mass is 273 g/mol. The van der Waals surface area contributed by atoms with Crippen LogP contribution >= 0.6 is 0 Å². The molecule has 1 rings (SSSR count). The fourth-order valence-corrected chi connectivity index (χ4v) is 1.75. The minimum absolute atomic E-state index is 0.0621. The van der Waals surface area contributed by atoms with Crippen molar-refractivity contribution in [2.45, 2.75) is 38.9 Å². The Morgan fingerprint density at radius 1 is 1.21 bits per heavy atom. The largest absolute Gasteiger partial charge is 0.416 e. The number of Topliss-reactive ketones (excluding diaryl/α,β-unsaturated/α-hetero) is 1. The molecule has 0 aliphatic carbocycles. The third-order valence-electron chi connectivity index (χ3n) is 2.86. The molecule has 106 valence electrons. The summed E-state index contributed by atoms with van der Waals surface area (Å²) in [6.07, 6.45) is -4.35. The first-order chi connectivity index (χ1) is 8.71. The molecule has 0 aromatic heterocycles. The Hall–Kier alpha value is -1.36. The van der Waals surface area contributed by atoms with E-state index in [2.05, 4.69) is 5.32 Å². The first-order valence-corrected chi connectivity index (χ1v) is 6.12. The van der Waals surface area contributed by atoms with Crippen molar-refractivity contribution in [2.75, 3.05) is 6.54 Å². The summed E-state index contributed by atoms with van der Waals surface area (Å²) in [5, 5.41) is 3.13. The predicted molar refractivity (Wildman–Crippen MR) is 68.0 cm³/mol. The zero-order valence-corrected chi connectivity index (χ0v) is 11.2. The number of rotatable bonds is 5. The second-order valence-corrected chi connectivity index (χ2v) is 4.85. The number of carbonyl (C=O) groups excluding carboxylic acids is 1. The highest BCUT2D eigenvalue weighted by atomic mass is 19.4. The van der Waals surface area contributed by atoms with Gasteiger partial charge < -0.3 is 5.32 Å². The van der Waals surface area contributed by atoms with Gasteiger partial charge in [-0.15, -0.1) is 0 Å². The van der Waals surface area contributed by atoms with E-state index in [9.17, 15) is 18.0 Å². The van der Waals surface area contributed by atoms with Crippen molar-refractivity contribution in [2.24, 2.45) is 0 Å². The van der Waals surface area contributed by atoms with Crippen LogP contribution in [0.15, 0.2) is 24.3 Å². The second kappa shape index (κ2) is 6.19. The Labute approximate surface area is 111 Å². The molecule has 0 radical (unpaired) electrons. The van der Waals surface area contributed by atoms with Gasteiger partial charge in [-0.25, -0.2) is 0 Å². The Morgan fingerprint density at radius 3 is 2.11 bits per heavy atom. The summed E-state index contributed by atoms with van der Waals surface area (Å²) in [5.41, 5.74) is -0.0935. The molecule has 5 heteroatoms. The molecule has 0 spiro atoms. The van der Waals surface area contributed by atoms with Crippen molar-refractivity contribution >= 4 is 5.78 Å². The number of hydrogen-bond acceptors (Lipinski definition) is 2. The van der Waals surface area contributed by atoms with E-state index in [4.69, 9.17) is 0 Å². The molecular weight excluding hydrogens is 255 g/mol. The number of alkyl halides is 3. The fourth-order valence-electron chi connectivity index (χ4n) is 1.75. The van der Waals surface area contributed by atoms with E-state index in [0.717, 1.165) is 12.1 Å². The molecular formula is C14H18F3NO. The van der Waals surface area contributed by atoms with Gasteiger partial charge in [0.1, 0.15) is 5.78 Å². The number of nitrogens with one attached hydrogen (secondary N) is 1. The van der Waals surface area contributed by atoms with E-state index in [1.54, 1.807) is 0 Å². The maximum absolute atomic E-state index is 12.5. The van der Waals surface area contributed by atoms with Gasteiger partial charge in [0, 0.05) is 12.6 Å². The second-order valence-electron chi connectivity index (χ2n) is 4.85. The summed E-state index contributed by atoms with van der Waals surface area (Å²) in [6.45, 7) is 5.77. The minimum atomic E-state index is -4.35. The third-order valence-corrected chi connectivity index (χ3v) is 2.86. The third kappa shape index (κ3) is 4.67. The van der Waals surface area contributed by atoms with Crippen LogP contribution in [0, 0.1) is 0 Å². The molecule has 0 saturated heterocycles. The molecule has 0 bridgehead atoms. The summed E-state index contributed by atoms with van der Waals surface area (Å²) >= 11 is 0. The zero-order chi connectivity index (χ0) is 14.6. The van der Waals surface area contributed by atoms with Gasteiger partial charge in [0.15, 0.2) is 0 Å². The predicted octanol–water partition coefficient (Wildman–Crippen LogP) is 3.38. The Morgan fingerprint density at radius 2 is 1.74 bits per heavy atom. The van der Waals surface area contributed by atoms with Crippen LogP contribution in [0.4, 0.5) is 13.2 Å². The van der Waals surface area contributed by atoms with E-state index in [0.29, 0.717) is 12.1 Å².